The Labute approximate surface area is 83.8 Å². The number of nitrogens with zero attached hydrogens (tertiary/aromatic N) is 1. The lowest BCUT2D eigenvalue weighted by molar-refractivity contribution is 0.510. The monoisotopic (exact) mass is 210 g/mol. The Kier molecular flexibility index (Phi) is 2.22. The summed E-state index contributed by atoms with van der Waals surface area (Å²) in [5, 5.41) is 0.0612. The summed E-state index contributed by atoms with van der Waals surface area (Å²) >= 11 is 0. The summed E-state index contributed by atoms with van der Waals surface area (Å²) in [5.41, 5.74) is -0.273. The Morgan fingerprint density at radius 3 is 2.67 bits per heavy atom. The lowest BCUT2D eigenvalue weighted by atomic mass is 10.2. The summed E-state index contributed by atoms with van der Waals surface area (Å²) < 4.78 is 25.7. The topological polar surface area (TPSA) is 45.8 Å². The molecule has 15 heavy (non-hydrogen) atoms. The molecule has 3 nitrogen and oxygen atoms in total. The zero-order valence-electron chi connectivity index (χ0n) is 7.97. The highest BCUT2D eigenvalue weighted by Crippen LogP contribution is 2.13. The molecule has 0 aliphatic carbocycles. The molecule has 1 N–H and O–H groups in total. The zero-order valence-corrected chi connectivity index (χ0v) is 7.97. The summed E-state index contributed by atoms with van der Waals surface area (Å²) in [6.07, 6.45) is 0.532. The first-order valence-corrected chi connectivity index (χ1v) is 4.49. The van der Waals surface area contributed by atoms with E-state index in [1.165, 1.54) is 0 Å². The number of aromatic nitrogens is 2. The minimum atomic E-state index is -1.04. The average molecular weight is 210 g/mol. The number of aromatic amines is 1. The summed E-state index contributed by atoms with van der Waals surface area (Å²) in [5.74, 6) is -1.58. The first-order chi connectivity index (χ1) is 7.11. The van der Waals surface area contributed by atoms with Gasteiger partial charge in [-0.15, -0.1) is 0 Å². The summed E-state index contributed by atoms with van der Waals surface area (Å²) in [6.45, 7) is 1.81. The van der Waals surface area contributed by atoms with Crippen LogP contribution < -0.4 is 5.56 Å². The fraction of sp³-hybridized carbons (Fsp3) is 0.200. The lowest BCUT2D eigenvalue weighted by Crippen LogP contribution is -2.12. The van der Waals surface area contributed by atoms with E-state index in [4.69, 9.17) is 0 Å². The molecular formula is C10H8F2N2O. The standard InChI is InChI=1S/C10H8F2N2O/c1-2-9-13-8-4-7(12)6(11)3-5(8)10(15)14-9/h3-4H,2H2,1H3,(H,13,14,15). The van der Waals surface area contributed by atoms with Crippen LogP contribution >= 0.6 is 0 Å². The second-order valence-electron chi connectivity index (χ2n) is 3.15. The zero-order chi connectivity index (χ0) is 11.0. The van der Waals surface area contributed by atoms with Gasteiger partial charge in [0.1, 0.15) is 5.82 Å². The van der Waals surface area contributed by atoms with Gasteiger partial charge in [-0.2, -0.15) is 0 Å². The van der Waals surface area contributed by atoms with Crippen LogP contribution in [0, 0.1) is 11.6 Å². The lowest BCUT2D eigenvalue weighted by Gasteiger charge is -2.00. The molecule has 2 aromatic rings. The first kappa shape index (κ1) is 9.76. The maximum atomic E-state index is 12.9. The number of fused-ring (bicyclic) bond motifs is 1. The fourth-order valence-electron chi connectivity index (χ4n) is 1.35. The second-order valence-corrected chi connectivity index (χ2v) is 3.15. The molecule has 0 saturated heterocycles. The van der Waals surface area contributed by atoms with E-state index in [-0.39, 0.29) is 10.9 Å². The molecule has 2 rings (SSSR count). The number of aryl methyl sites for hydroxylation is 1. The fourth-order valence-corrected chi connectivity index (χ4v) is 1.35. The van der Waals surface area contributed by atoms with E-state index in [0.29, 0.717) is 12.2 Å². The summed E-state index contributed by atoms with van der Waals surface area (Å²) in [7, 11) is 0. The number of hydrogen-bond donors (Lipinski definition) is 1. The Balaban J connectivity index is 2.86. The van der Waals surface area contributed by atoms with Gasteiger partial charge >= 0.3 is 0 Å². The van der Waals surface area contributed by atoms with Crippen LogP contribution in [0.2, 0.25) is 0 Å². The molecule has 1 aromatic carbocycles. The number of H-pyrrole nitrogens is 1. The first-order valence-electron chi connectivity index (χ1n) is 4.49. The van der Waals surface area contributed by atoms with Crippen LogP contribution in [0.25, 0.3) is 10.9 Å². The molecule has 0 amide bonds. The number of rotatable bonds is 1. The van der Waals surface area contributed by atoms with Crippen molar-refractivity contribution in [2.45, 2.75) is 13.3 Å². The Morgan fingerprint density at radius 2 is 2.00 bits per heavy atom. The summed E-state index contributed by atoms with van der Waals surface area (Å²) in [4.78, 5) is 17.9. The minimum absolute atomic E-state index is 0.0612. The van der Waals surface area contributed by atoms with E-state index in [9.17, 15) is 13.6 Å². The largest absolute Gasteiger partial charge is 0.310 e. The van der Waals surface area contributed by atoms with Gasteiger partial charge in [-0.3, -0.25) is 4.79 Å². The van der Waals surface area contributed by atoms with E-state index in [0.717, 1.165) is 12.1 Å². The molecule has 0 radical (unpaired) electrons. The van der Waals surface area contributed by atoms with Crippen molar-refractivity contribution in [3.8, 4) is 0 Å². The van der Waals surface area contributed by atoms with Crippen LogP contribution in [0.15, 0.2) is 16.9 Å². The Hall–Kier alpha value is -1.78. The number of benzene rings is 1. The molecule has 0 fully saturated rings. The molecule has 0 aliphatic heterocycles. The molecule has 0 saturated carbocycles. The van der Waals surface area contributed by atoms with E-state index >= 15 is 0 Å². The van der Waals surface area contributed by atoms with E-state index < -0.39 is 17.2 Å². The van der Waals surface area contributed by atoms with Crippen LogP contribution in [0.4, 0.5) is 8.78 Å². The predicted octanol–water partition coefficient (Wildman–Crippen LogP) is 1.76. The van der Waals surface area contributed by atoms with Gasteiger partial charge in [0, 0.05) is 12.5 Å². The van der Waals surface area contributed by atoms with Gasteiger partial charge in [0.2, 0.25) is 0 Å². The van der Waals surface area contributed by atoms with Crippen molar-refractivity contribution >= 4 is 10.9 Å². The highest BCUT2D eigenvalue weighted by atomic mass is 19.2. The molecule has 0 atom stereocenters. The van der Waals surface area contributed by atoms with Gasteiger partial charge < -0.3 is 4.98 Å². The molecule has 5 heteroatoms. The van der Waals surface area contributed by atoms with E-state index in [1.54, 1.807) is 0 Å². The Morgan fingerprint density at radius 1 is 1.33 bits per heavy atom. The number of hydrogen-bond acceptors (Lipinski definition) is 2. The third-order valence-electron chi connectivity index (χ3n) is 2.13. The Bertz CT molecular complexity index is 577. The second kappa shape index (κ2) is 3.42. The van der Waals surface area contributed by atoms with Gasteiger partial charge in [-0.05, 0) is 6.07 Å². The van der Waals surface area contributed by atoms with Crippen LogP contribution in [0.5, 0.6) is 0 Å². The van der Waals surface area contributed by atoms with Crippen molar-refractivity contribution < 1.29 is 8.78 Å². The third-order valence-corrected chi connectivity index (χ3v) is 2.13. The van der Waals surface area contributed by atoms with Crippen molar-refractivity contribution in [1.82, 2.24) is 9.97 Å². The molecule has 1 heterocycles. The summed E-state index contributed by atoms with van der Waals surface area (Å²) in [6, 6.07) is 1.79. The van der Waals surface area contributed by atoms with Crippen LogP contribution in [-0.4, -0.2) is 9.97 Å². The molecule has 0 bridgehead atoms. The van der Waals surface area contributed by atoms with Crippen molar-refractivity contribution in [3.63, 3.8) is 0 Å². The smallest absolute Gasteiger partial charge is 0.258 e. The number of nitrogens with one attached hydrogen (secondary N) is 1. The van der Waals surface area contributed by atoms with Gasteiger partial charge in [-0.25, -0.2) is 13.8 Å². The molecular weight excluding hydrogens is 202 g/mol. The average Bonchev–Trinajstić information content (AvgIpc) is 2.21. The van der Waals surface area contributed by atoms with Crippen molar-refractivity contribution in [3.05, 3.63) is 39.9 Å². The predicted molar refractivity (Wildman–Crippen MR) is 51.7 cm³/mol. The highest BCUT2D eigenvalue weighted by molar-refractivity contribution is 5.77. The SMILES string of the molecule is CCc1nc2cc(F)c(F)cc2c(=O)[nH]1. The van der Waals surface area contributed by atoms with Gasteiger partial charge in [0.05, 0.1) is 10.9 Å². The maximum absolute atomic E-state index is 12.9. The van der Waals surface area contributed by atoms with Crippen molar-refractivity contribution in [2.24, 2.45) is 0 Å². The van der Waals surface area contributed by atoms with Crippen LogP contribution in [0.3, 0.4) is 0 Å². The maximum Gasteiger partial charge on any atom is 0.258 e. The van der Waals surface area contributed by atoms with E-state index in [2.05, 4.69) is 9.97 Å². The molecule has 1 aromatic heterocycles. The van der Waals surface area contributed by atoms with Crippen LogP contribution in [-0.2, 0) is 6.42 Å². The van der Waals surface area contributed by atoms with Crippen LogP contribution in [0.1, 0.15) is 12.7 Å². The van der Waals surface area contributed by atoms with Gasteiger partial charge in [0.25, 0.3) is 5.56 Å². The molecule has 78 valence electrons. The highest BCUT2D eigenvalue weighted by Gasteiger charge is 2.08. The quantitative estimate of drug-likeness (QED) is 0.779. The van der Waals surface area contributed by atoms with Crippen molar-refractivity contribution in [1.29, 1.82) is 0 Å². The van der Waals surface area contributed by atoms with Crippen molar-refractivity contribution in [2.75, 3.05) is 0 Å². The normalized spacial score (nSPS) is 10.9. The third kappa shape index (κ3) is 1.60. The molecule has 0 unspecified atom stereocenters. The number of halogens is 2. The van der Waals surface area contributed by atoms with E-state index in [1.807, 2.05) is 6.92 Å². The minimum Gasteiger partial charge on any atom is -0.310 e. The molecule has 0 aliphatic rings. The van der Waals surface area contributed by atoms with Gasteiger partial charge in [0.15, 0.2) is 11.6 Å². The molecule has 0 spiro atoms. The van der Waals surface area contributed by atoms with Gasteiger partial charge in [-0.1, -0.05) is 6.92 Å².